The van der Waals surface area contributed by atoms with E-state index in [0.717, 1.165) is 30.6 Å². The number of aliphatic carboxylic acids is 1. The summed E-state index contributed by atoms with van der Waals surface area (Å²) >= 11 is 5.92. The van der Waals surface area contributed by atoms with E-state index >= 15 is 0 Å². The number of aromatic nitrogens is 3. The average molecular weight is 361 g/mol. The van der Waals surface area contributed by atoms with E-state index in [1.165, 1.54) is 12.8 Å². The minimum Gasteiger partial charge on any atom is -0.480 e. The maximum Gasteiger partial charge on any atom is 0.320 e. The van der Waals surface area contributed by atoms with E-state index in [2.05, 4.69) is 15.2 Å². The average Bonchev–Trinajstić information content (AvgIpc) is 3.21. The molecule has 1 aliphatic heterocycles. The summed E-state index contributed by atoms with van der Waals surface area (Å²) in [4.78, 5) is 13.8. The summed E-state index contributed by atoms with van der Waals surface area (Å²) in [6, 6.07) is 7.34. The molecule has 2 heterocycles. The molecular formula is C18H21ClN4O2. The predicted octanol–water partition coefficient (Wildman–Crippen LogP) is 3.14. The first-order valence-corrected chi connectivity index (χ1v) is 9.15. The quantitative estimate of drug-likeness (QED) is 0.906. The molecule has 1 saturated carbocycles. The van der Waals surface area contributed by atoms with Crippen molar-refractivity contribution in [3.05, 3.63) is 41.2 Å². The van der Waals surface area contributed by atoms with Gasteiger partial charge in [0.15, 0.2) is 0 Å². The highest BCUT2D eigenvalue weighted by atomic mass is 35.5. The Bertz CT molecular complexity index is 761. The van der Waals surface area contributed by atoms with Crippen molar-refractivity contribution in [1.29, 1.82) is 0 Å². The molecule has 0 spiro atoms. The van der Waals surface area contributed by atoms with Crippen LogP contribution in [0.3, 0.4) is 0 Å². The van der Waals surface area contributed by atoms with Crippen LogP contribution in [-0.2, 0) is 11.3 Å². The van der Waals surface area contributed by atoms with Gasteiger partial charge in [-0.05, 0) is 49.4 Å². The Labute approximate surface area is 151 Å². The lowest BCUT2D eigenvalue weighted by atomic mass is 9.85. The zero-order valence-corrected chi connectivity index (χ0v) is 14.6. The van der Waals surface area contributed by atoms with Gasteiger partial charge in [-0.1, -0.05) is 29.7 Å². The van der Waals surface area contributed by atoms with Gasteiger partial charge in [-0.25, -0.2) is 4.68 Å². The number of halogens is 1. The molecule has 132 valence electrons. The van der Waals surface area contributed by atoms with Crippen molar-refractivity contribution >= 4 is 17.6 Å². The number of hydrogen-bond acceptors (Lipinski definition) is 4. The summed E-state index contributed by atoms with van der Waals surface area (Å²) in [7, 11) is 0. The first-order chi connectivity index (χ1) is 12.1. The minimum atomic E-state index is -0.723. The SMILES string of the molecule is O=C(O)C1CC2CCCCC2N1Cc1cn(-c2ccc(Cl)cc2)nn1. The number of rotatable bonds is 4. The third kappa shape index (κ3) is 3.28. The van der Waals surface area contributed by atoms with Crippen LogP contribution in [0.4, 0.5) is 0 Å². The van der Waals surface area contributed by atoms with Gasteiger partial charge in [-0.15, -0.1) is 5.10 Å². The molecule has 7 heteroatoms. The van der Waals surface area contributed by atoms with Gasteiger partial charge in [0.2, 0.25) is 0 Å². The summed E-state index contributed by atoms with van der Waals surface area (Å²) in [5.41, 5.74) is 1.68. The Balaban J connectivity index is 1.54. The number of carbonyl (C=O) groups is 1. The molecule has 2 aliphatic rings. The molecule has 3 unspecified atom stereocenters. The van der Waals surface area contributed by atoms with E-state index in [4.69, 9.17) is 11.6 Å². The van der Waals surface area contributed by atoms with Crippen molar-refractivity contribution in [2.24, 2.45) is 5.92 Å². The predicted molar refractivity (Wildman–Crippen MR) is 93.7 cm³/mol. The summed E-state index contributed by atoms with van der Waals surface area (Å²) in [6.07, 6.45) is 7.25. The summed E-state index contributed by atoms with van der Waals surface area (Å²) in [5.74, 6) is -0.222. The molecule has 1 N–H and O–H groups in total. The first-order valence-electron chi connectivity index (χ1n) is 8.77. The van der Waals surface area contributed by atoms with Crippen LogP contribution in [0.5, 0.6) is 0 Å². The monoisotopic (exact) mass is 360 g/mol. The topological polar surface area (TPSA) is 71.2 Å². The highest BCUT2D eigenvalue weighted by Gasteiger charge is 2.45. The number of hydrogen-bond donors (Lipinski definition) is 1. The third-order valence-corrected chi connectivity index (χ3v) is 5.73. The molecule has 4 rings (SSSR count). The van der Waals surface area contributed by atoms with Crippen molar-refractivity contribution in [2.75, 3.05) is 0 Å². The second kappa shape index (κ2) is 6.77. The lowest BCUT2D eigenvalue weighted by Crippen LogP contribution is -2.41. The van der Waals surface area contributed by atoms with Crippen LogP contribution in [0.15, 0.2) is 30.5 Å². The van der Waals surface area contributed by atoms with Crippen LogP contribution in [-0.4, -0.2) is 43.1 Å². The van der Waals surface area contributed by atoms with E-state index in [0.29, 0.717) is 23.5 Å². The molecule has 1 saturated heterocycles. The van der Waals surface area contributed by atoms with Crippen LogP contribution in [0, 0.1) is 5.92 Å². The molecule has 2 fully saturated rings. The Kier molecular flexibility index (Phi) is 4.48. The molecule has 0 radical (unpaired) electrons. The number of benzene rings is 1. The Hall–Kier alpha value is -1.92. The summed E-state index contributed by atoms with van der Waals surface area (Å²) < 4.78 is 1.70. The Morgan fingerprint density at radius 3 is 2.76 bits per heavy atom. The maximum absolute atomic E-state index is 11.7. The van der Waals surface area contributed by atoms with Crippen LogP contribution < -0.4 is 0 Å². The van der Waals surface area contributed by atoms with Crippen LogP contribution in [0.1, 0.15) is 37.8 Å². The number of carboxylic acids is 1. The van der Waals surface area contributed by atoms with E-state index < -0.39 is 12.0 Å². The molecule has 1 aromatic heterocycles. The molecule has 25 heavy (non-hydrogen) atoms. The summed E-state index contributed by atoms with van der Waals surface area (Å²) in [6.45, 7) is 0.533. The highest BCUT2D eigenvalue weighted by Crippen LogP contribution is 2.40. The van der Waals surface area contributed by atoms with Crippen molar-refractivity contribution in [3.63, 3.8) is 0 Å². The van der Waals surface area contributed by atoms with Gasteiger partial charge in [0.05, 0.1) is 17.6 Å². The van der Waals surface area contributed by atoms with Gasteiger partial charge in [-0.2, -0.15) is 0 Å². The van der Waals surface area contributed by atoms with Crippen molar-refractivity contribution < 1.29 is 9.90 Å². The smallest absolute Gasteiger partial charge is 0.320 e. The number of carboxylic acid groups (broad SMARTS) is 1. The van der Waals surface area contributed by atoms with Gasteiger partial charge >= 0.3 is 5.97 Å². The molecule has 1 aliphatic carbocycles. The van der Waals surface area contributed by atoms with E-state index in [1.54, 1.807) is 4.68 Å². The molecule has 3 atom stereocenters. The van der Waals surface area contributed by atoms with E-state index in [9.17, 15) is 9.90 Å². The van der Waals surface area contributed by atoms with Crippen LogP contribution >= 0.6 is 11.6 Å². The lowest BCUT2D eigenvalue weighted by molar-refractivity contribution is -0.142. The maximum atomic E-state index is 11.7. The van der Waals surface area contributed by atoms with E-state index in [1.807, 2.05) is 30.5 Å². The third-order valence-electron chi connectivity index (χ3n) is 5.48. The van der Waals surface area contributed by atoms with Gasteiger partial charge < -0.3 is 5.11 Å². The largest absolute Gasteiger partial charge is 0.480 e. The molecule has 0 bridgehead atoms. The summed E-state index contributed by atoms with van der Waals surface area (Å²) in [5, 5.41) is 18.7. The standard InChI is InChI=1S/C18H21ClN4O2/c19-13-5-7-15(8-6-13)23-11-14(20-21-23)10-22-16-4-2-1-3-12(16)9-17(22)18(24)25/h5-8,11-12,16-17H,1-4,9-10H2,(H,24,25). The normalized spacial score (nSPS) is 26.5. The van der Waals surface area contributed by atoms with Gasteiger partial charge in [0.25, 0.3) is 0 Å². The Morgan fingerprint density at radius 2 is 2.00 bits per heavy atom. The van der Waals surface area contributed by atoms with Gasteiger partial charge in [0, 0.05) is 17.6 Å². The van der Waals surface area contributed by atoms with Gasteiger partial charge in [-0.3, -0.25) is 9.69 Å². The molecule has 6 nitrogen and oxygen atoms in total. The van der Waals surface area contributed by atoms with Crippen molar-refractivity contribution in [2.45, 2.75) is 50.7 Å². The first kappa shape index (κ1) is 16.5. The van der Waals surface area contributed by atoms with Crippen LogP contribution in [0.25, 0.3) is 5.69 Å². The molecule has 0 amide bonds. The fourth-order valence-electron chi connectivity index (χ4n) is 4.30. The van der Waals surface area contributed by atoms with Gasteiger partial charge in [0.1, 0.15) is 6.04 Å². The van der Waals surface area contributed by atoms with Crippen LogP contribution in [0.2, 0.25) is 5.02 Å². The number of likely N-dealkylation sites (tertiary alicyclic amines) is 1. The zero-order chi connectivity index (χ0) is 17.4. The zero-order valence-electron chi connectivity index (χ0n) is 13.9. The molecule has 1 aromatic carbocycles. The lowest BCUT2D eigenvalue weighted by Gasteiger charge is -2.32. The minimum absolute atomic E-state index is 0.357. The second-order valence-corrected chi connectivity index (χ2v) is 7.44. The fraction of sp³-hybridized carbons (Fsp3) is 0.500. The molecule has 2 aromatic rings. The van der Waals surface area contributed by atoms with Crippen molar-refractivity contribution in [1.82, 2.24) is 19.9 Å². The number of nitrogens with zero attached hydrogens (tertiary/aromatic N) is 4. The van der Waals surface area contributed by atoms with Crippen molar-refractivity contribution in [3.8, 4) is 5.69 Å². The fourth-order valence-corrected chi connectivity index (χ4v) is 4.43. The second-order valence-electron chi connectivity index (χ2n) is 7.00. The number of fused-ring (bicyclic) bond motifs is 1. The highest BCUT2D eigenvalue weighted by molar-refractivity contribution is 6.30. The van der Waals surface area contributed by atoms with E-state index in [-0.39, 0.29) is 0 Å². The Morgan fingerprint density at radius 1 is 1.24 bits per heavy atom. The molecular weight excluding hydrogens is 340 g/mol.